The number of para-hydroxylation sites is 1. The van der Waals surface area contributed by atoms with Gasteiger partial charge in [-0.1, -0.05) is 12.1 Å². The molecule has 1 N–H and O–H groups in total. The number of hydrogen-bond acceptors (Lipinski definition) is 4. The van der Waals surface area contributed by atoms with Crippen molar-refractivity contribution in [1.82, 2.24) is 9.80 Å². The number of carbonyl (C=O) groups excluding carboxylic acids is 1. The van der Waals surface area contributed by atoms with Crippen molar-refractivity contribution in [2.24, 2.45) is 0 Å². The van der Waals surface area contributed by atoms with E-state index >= 15 is 0 Å². The van der Waals surface area contributed by atoms with Gasteiger partial charge in [0, 0.05) is 51.0 Å². The summed E-state index contributed by atoms with van der Waals surface area (Å²) in [6.07, 6.45) is 6.21. The van der Waals surface area contributed by atoms with Gasteiger partial charge in [0.2, 0.25) is 0 Å². The van der Waals surface area contributed by atoms with Crippen LogP contribution < -0.4 is 4.90 Å². The first-order valence-electron chi connectivity index (χ1n) is 10.3. The lowest BCUT2D eigenvalue weighted by Crippen LogP contribution is -2.49. The Morgan fingerprint density at radius 1 is 0.885 bits per heavy atom. The minimum atomic E-state index is -0.116. The molecule has 3 saturated heterocycles. The van der Waals surface area contributed by atoms with Gasteiger partial charge in [0.05, 0.1) is 11.7 Å². The molecular formula is C21H31N3O2. The number of benzene rings is 1. The minimum absolute atomic E-state index is 0.116. The van der Waals surface area contributed by atoms with E-state index in [0.717, 1.165) is 76.2 Å². The van der Waals surface area contributed by atoms with E-state index in [1.54, 1.807) is 0 Å². The molecule has 1 aromatic rings. The zero-order valence-electron chi connectivity index (χ0n) is 15.6. The Labute approximate surface area is 156 Å². The number of anilines is 1. The van der Waals surface area contributed by atoms with Crippen molar-refractivity contribution in [3.05, 3.63) is 29.8 Å². The summed E-state index contributed by atoms with van der Waals surface area (Å²) in [5.41, 5.74) is 1.98. The first kappa shape index (κ1) is 17.8. The quantitative estimate of drug-likeness (QED) is 0.902. The molecule has 0 unspecified atom stereocenters. The molecule has 3 aliphatic heterocycles. The maximum absolute atomic E-state index is 13.2. The minimum Gasteiger partial charge on any atom is -0.393 e. The van der Waals surface area contributed by atoms with Gasteiger partial charge in [-0.3, -0.25) is 4.79 Å². The standard InChI is InChI=1S/C21H31N3O2/c25-18-9-15-22(16-10-18)17-7-13-24(14-8-17)21(26)19-5-1-2-6-20(19)23-11-3-4-12-23/h1-2,5-6,17-18,25H,3-4,7-16H2. The lowest BCUT2D eigenvalue weighted by molar-refractivity contribution is 0.0357. The van der Waals surface area contributed by atoms with Crippen molar-refractivity contribution >= 4 is 11.6 Å². The van der Waals surface area contributed by atoms with Crippen molar-refractivity contribution in [3.63, 3.8) is 0 Å². The average molecular weight is 357 g/mol. The topological polar surface area (TPSA) is 47.0 Å². The maximum Gasteiger partial charge on any atom is 0.255 e. The molecule has 1 amide bonds. The van der Waals surface area contributed by atoms with Crippen LogP contribution >= 0.6 is 0 Å². The Morgan fingerprint density at radius 2 is 1.54 bits per heavy atom. The number of hydrogen-bond donors (Lipinski definition) is 1. The van der Waals surface area contributed by atoms with E-state index in [2.05, 4.69) is 15.9 Å². The third-order valence-electron chi connectivity index (χ3n) is 6.35. The van der Waals surface area contributed by atoms with Crippen LogP contribution in [0, 0.1) is 0 Å². The number of carbonyl (C=O) groups is 1. The first-order chi connectivity index (χ1) is 12.7. The van der Waals surface area contributed by atoms with Gasteiger partial charge in [-0.2, -0.15) is 0 Å². The van der Waals surface area contributed by atoms with E-state index in [4.69, 9.17) is 0 Å². The third-order valence-corrected chi connectivity index (χ3v) is 6.35. The fourth-order valence-electron chi connectivity index (χ4n) is 4.74. The highest BCUT2D eigenvalue weighted by Gasteiger charge is 2.30. The van der Waals surface area contributed by atoms with Crippen LogP contribution in [0.4, 0.5) is 5.69 Å². The number of aliphatic hydroxyl groups excluding tert-OH is 1. The van der Waals surface area contributed by atoms with Crippen LogP contribution in [0.1, 0.15) is 48.9 Å². The van der Waals surface area contributed by atoms with E-state index < -0.39 is 0 Å². The molecule has 26 heavy (non-hydrogen) atoms. The summed E-state index contributed by atoms with van der Waals surface area (Å²) in [5.74, 6) is 0.194. The largest absolute Gasteiger partial charge is 0.393 e. The lowest BCUT2D eigenvalue weighted by atomic mass is 9.98. The van der Waals surface area contributed by atoms with Crippen molar-refractivity contribution in [3.8, 4) is 0 Å². The molecule has 1 aromatic carbocycles. The van der Waals surface area contributed by atoms with Crippen LogP contribution in [0.15, 0.2) is 24.3 Å². The van der Waals surface area contributed by atoms with Crippen molar-refractivity contribution < 1.29 is 9.90 Å². The zero-order chi connectivity index (χ0) is 17.9. The molecule has 0 aromatic heterocycles. The van der Waals surface area contributed by atoms with Gasteiger partial charge in [-0.05, 0) is 50.7 Å². The molecule has 0 atom stereocenters. The predicted molar refractivity (Wildman–Crippen MR) is 104 cm³/mol. The van der Waals surface area contributed by atoms with E-state index in [-0.39, 0.29) is 12.0 Å². The number of likely N-dealkylation sites (tertiary alicyclic amines) is 2. The second-order valence-corrected chi connectivity index (χ2v) is 8.00. The Hall–Kier alpha value is -1.59. The van der Waals surface area contributed by atoms with Gasteiger partial charge in [0.25, 0.3) is 5.91 Å². The Bertz CT molecular complexity index is 613. The summed E-state index contributed by atoms with van der Waals surface area (Å²) in [6, 6.07) is 8.69. The molecule has 0 aliphatic carbocycles. The van der Waals surface area contributed by atoms with Crippen LogP contribution in [0.3, 0.4) is 0 Å². The predicted octanol–water partition coefficient (Wildman–Crippen LogP) is 2.35. The van der Waals surface area contributed by atoms with Crippen molar-refractivity contribution in [1.29, 1.82) is 0 Å². The van der Waals surface area contributed by atoms with Crippen molar-refractivity contribution in [2.75, 3.05) is 44.2 Å². The van der Waals surface area contributed by atoms with E-state index in [0.29, 0.717) is 6.04 Å². The molecule has 0 bridgehead atoms. The van der Waals surface area contributed by atoms with Gasteiger partial charge in [-0.25, -0.2) is 0 Å². The van der Waals surface area contributed by atoms with Crippen molar-refractivity contribution in [2.45, 2.75) is 50.7 Å². The molecule has 0 spiro atoms. The zero-order valence-corrected chi connectivity index (χ0v) is 15.6. The van der Waals surface area contributed by atoms with Crippen LogP contribution in [-0.2, 0) is 0 Å². The molecule has 5 heteroatoms. The molecule has 3 fully saturated rings. The Balaban J connectivity index is 1.38. The molecule has 3 aliphatic rings. The van der Waals surface area contributed by atoms with Gasteiger partial charge < -0.3 is 19.8 Å². The number of piperidine rings is 2. The lowest BCUT2D eigenvalue weighted by Gasteiger charge is -2.41. The normalized spacial score (nSPS) is 23.6. The molecule has 0 radical (unpaired) electrons. The SMILES string of the molecule is O=C(c1ccccc1N1CCCC1)N1CCC(N2CCC(O)CC2)CC1. The summed E-state index contributed by atoms with van der Waals surface area (Å²) in [4.78, 5) is 20.1. The average Bonchev–Trinajstić information content (AvgIpc) is 3.23. The molecule has 142 valence electrons. The number of aliphatic hydroxyl groups is 1. The smallest absolute Gasteiger partial charge is 0.255 e. The molecule has 0 saturated carbocycles. The van der Waals surface area contributed by atoms with E-state index in [9.17, 15) is 9.90 Å². The highest BCUT2D eigenvalue weighted by atomic mass is 16.3. The molecule has 3 heterocycles. The first-order valence-corrected chi connectivity index (χ1v) is 10.3. The summed E-state index contributed by atoms with van der Waals surface area (Å²) in [7, 11) is 0. The summed E-state index contributed by atoms with van der Waals surface area (Å²) in [5, 5.41) is 9.70. The molecule has 5 nitrogen and oxygen atoms in total. The van der Waals surface area contributed by atoms with E-state index in [1.165, 1.54) is 12.8 Å². The number of nitrogens with zero attached hydrogens (tertiary/aromatic N) is 3. The fourth-order valence-corrected chi connectivity index (χ4v) is 4.74. The van der Waals surface area contributed by atoms with Crippen LogP contribution in [0.2, 0.25) is 0 Å². The second kappa shape index (κ2) is 7.97. The third kappa shape index (κ3) is 3.74. The van der Waals surface area contributed by atoms with Gasteiger partial charge in [0.15, 0.2) is 0 Å². The summed E-state index contributed by atoms with van der Waals surface area (Å²) < 4.78 is 0. The van der Waals surface area contributed by atoms with Gasteiger partial charge in [-0.15, -0.1) is 0 Å². The number of amides is 1. The summed E-state index contributed by atoms with van der Waals surface area (Å²) in [6.45, 7) is 5.81. The maximum atomic E-state index is 13.2. The summed E-state index contributed by atoms with van der Waals surface area (Å²) >= 11 is 0. The Morgan fingerprint density at radius 3 is 2.23 bits per heavy atom. The van der Waals surface area contributed by atoms with Gasteiger partial charge >= 0.3 is 0 Å². The van der Waals surface area contributed by atoms with Crippen LogP contribution in [0.25, 0.3) is 0 Å². The highest BCUT2D eigenvalue weighted by molar-refractivity contribution is 6.00. The van der Waals surface area contributed by atoms with Crippen LogP contribution in [-0.4, -0.2) is 72.2 Å². The molecule has 4 rings (SSSR count). The second-order valence-electron chi connectivity index (χ2n) is 8.00. The fraction of sp³-hybridized carbons (Fsp3) is 0.667. The highest BCUT2D eigenvalue weighted by Crippen LogP contribution is 2.27. The van der Waals surface area contributed by atoms with Crippen LogP contribution in [0.5, 0.6) is 0 Å². The van der Waals surface area contributed by atoms with Gasteiger partial charge in [0.1, 0.15) is 0 Å². The molecular weight excluding hydrogens is 326 g/mol. The Kier molecular flexibility index (Phi) is 5.46. The monoisotopic (exact) mass is 357 g/mol. The van der Waals surface area contributed by atoms with E-state index in [1.807, 2.05) is 23.1 Å². The number of rotatable bonds is 3.